The summed E-state index contributed by atoms with van der Waals surface area (Å²) in [5.74, 6) is -0.601. The Hall–Kier alpha value is -1.74. The lowest BCUT2D eigenvalue weighted by atomic mass is 10.1. The minimum atomic E-state index is -3.70. The fourth-order valence-electron chi connectivity index (χ4n) is 3.15. The van der Waals surface area contributed by atoms with Crippen LogP contribution >= 0.6 is 12.4 Å². The van der Waals surface area contributed by atoms with Gasteiger partial charge in [-0.3, -0.25) is 0 Å². The van der Waals surface area contributed by atoms with Crippen LogP contribution in [0.3, 0.4) is 0 Å². The summed E-state index contributed by atoms with van der Waals surface area (Å²) in [6.45, 7) is 0.745. The van der Waals surface area contributed by atoms with Gasteiger partial charge in [-0.15, -0.1) is 12.4 Å². The van der Waals surface area contributed by atoms with Crippen LogP contribution in [0.25, 0.3) is 10.8 Å². The Labute approximate surface area is 152 Å². The van der Waals surface area contributed by atoms with Gasteiger partial charge in [0.1, 0.15) is 0 Å². The number of rotatable bonds is 4. The van der Waals surface area contributed by atoms with Gasteiger partial charge in [0.2, 0.25) is 10.0 Å². The van der Waals surface area contributed by atoms with Gasteiger partial charge in [0.05, 0.1) is 12.0 Å². The Kier molecular flexibility index (Phi) is 5.99. The lowest BCUT2D eigenvalue weighted by molar-refractivity contribution is 0.0596. The third-order valence-electron chi connectivity index (χ3n) is 4.33. The first-order valence-electron chi connectivity index (χ1n) is 7.68. The molecule has 1 aromatic carbocycles. The van der Waals surface area contributed by atoms with Gasteiger partial charge in [-0.05, 0) is 25.0 Å². The van der Waals surface area contributed by atoms with E-state index in [-0.39, 0.29) is 29.0 Å². The number of nitrogens with zero attached hydrogens (tertiary/aromatic N) is 2. The van der Waals surface area contributed by atoms with Crippen LogP contribution in [0.1, 0.15) is 23.3 Å². The molecular formula is C16H20ClN3O4S. The number of nitrogens with two attached hydrogens (primary N) is 1. The highest BCUT2D eigenvalue weighted by Gasteiger charge is 2.35. The van der Waals surface area contributed by atoms with Crippen molar-refractivity contribution in [2.45, 2.75) is 23.8 Å². The number of benzene rings is 1. The normalized spacial score (nSPS) is 18.1. The molecule has 0 spiro atoms. The molecule has 7 nitrogen and oxygen atoms in total. The molecule has 2 aromatic rings. The Morgan fingerprint density at radius 2 is 2.12 bits per heavy atom. The molecule has 1 saturated heterocycles. The highest BCUT2D eigenvalue weighted by Crippen LogP contribution is 2.31. The zero-order valence-electron chi connectivity index (χ0n) is 13.7. The van der Waals surface area contributed by atoms with Crippen molar-refractivity contribution in [2.75, 3.05) is 20.2 Å². The van der Waals surface area contributed by atoms with E-state index in [0.717, 1.165) is 12.8 Å². The summed E-state index contributed by atoms with van der Waals surface area (Å²) in [4.78, 5) is 16.1. The van der Waals surface area contributed by atoms with Crippen LogP contribution in [0.5, 0.6) is 0 Å². The zero-order valence-corrected chi connectivity index (χ0v) is 15.3. The van der Waals surface area contributed by atoms with Crippen LogP contribution in [0.2, 0.25) is 0 Å². The second-order valence-electron chi connectivity index (χ2n) is 5.65. The summed E-state index contributed by atoms with van der Waals surface area (Å²) in [6, 6.07) is 6.23. The molecule has 3 rings (SSSR count). The Morgan fingerprint density at radius 1 is 1.36 bits per heavy atom. The van der Waals surface area contributed by atoms with E-state index in [1.54, 1.807) is 24.3 Å². The molecule has 1 atom stereocenters. The number of aromatic nitrogens is 1. The first-order valence-corrected chi connectivity index (χ1v) is 9.12. The van der Waals surface area contributed by atoms with Gasteiger partial charge < -0.3 is 10.5 Å². The van der Waals surface area contributed by atoms with Gasteiger partial charge in [0.15, 0.2) is 5.69 Å². The third-order valence-corrected chi connectivity index (χ3v) is 6.34. The summed E-state index contributed by atoms with van der Waals surface area (Å²) in [6.07, 6.45) is 2.97. The second kappa shape index (κ2) is 7.65. The highest BCUT2D eigenvalue weighted by atomic mass is 35.5. The number of halogens is 1. The lowest BCUT2D eigenvalue weighted by Crippen LogP contribution is -2.39. The number of fused-ring (bicyclic) bond motifs is 1. The number of hydrogen-bond acceptors (Lipinski definition) is 6. The van der Waals surface area contributed by atoms with Gasteiger partial charge in [-0.2, -0.15) is 4.31 Å². The maximum Gasteiger partial charge on any atom is 0.357 e. The molecule has 9 heteroatoms. The highest BCUT2D eigenvalue weighted by molar-refractivity contribution is 7.89. The van der Waals surface area contributed by atoms with Crippen LogP contribution in [0, 0.1) is 0 Å². The fourth-order valence-corrected chi connectivity index (χ4v) is 5.06. The van der Waals surface area contributed by atoms with E-state index in [2.05, 4.69) is 4.98 Å². The minimum absolute atomic E-state index is 0. The van der Waals surface area contributed by atoms with Crippen molar-refractivity contribution in [3.05, 3.63) is 36.2 Å². The molecule has 0 aliphatic carbocycles. The summed E-state index contributed by atoms with van der Waals surface area (Å²) >= 11 is 0. The molecule has 1 aliphatic heterocycles. The number of carbonyl (C=O) groups is 1. The second-order valence-corrected chi connectivity index (χ2v) is 7.51. The van der Waals surface area contributed by atoms with E-state index >= 15 is 0 Å². The van der Waals surface area contributed by atoms with E-state index in [1.807, 2.05) is 0 Å². The standard InChI is InChI=1S/C16H19N3O4S.ClH/c1-23-16(20)15-13-5-2-6-14(12(13)7-8-18-15)24(21,22)19-9-3-4-11(19)10-17;/h2,5-8,11H,3-4,9-10,17H2,1H3;1H. The third kappa shape index (κ3) is 3.35. The van der Waals surface area contributed by atoms with Crippen molar-refractivity contribution in [1.29, 1.82) is 0 Å². The van der Waals surface area contributed by atoms with Crippen molar-refractivity contribution in [3.63, 3.8) is 0 Å². The summed E-state index contributed by atoms with van der Waals surface area (Å²) in [5.41, 5.74) is 5.82. The lowest BCUT2D eigenvalue weighted by Gasteiger charge is -2.23. The van der Waals surface area contributed by atoms with E-state index in [1.165, 1.54) is 17.6 Å². The largest absolute Gasteiger partial charge is 0.464 e. The van der Waals surface area contributed by atoms with Crippen molar-refractivity contribution < 1.29 is 17.9 Å². The van der Waals surface area contributed by atoms with Gasteiger partial charge in [-0.25, -0.2) is 18.2 Å². The summed E-state index contributed by atoms with van der Waals surface area (Å²) in [5, 5.41) is 0.907. The molecule has 1 aromatic heterocycles. The smallest absolute Gasteiger partial charge is 0.357 e. The van der Waals surface area contributed by atoms with Crippen LogP contribution < -0.4 is 5.73 Å². The number of ether oxygens (including phenoxy) is 1. The zero-order chi connectivity index (χ0) is 17.3. The molecule has 1 aliphatic rings. The summed E-state index contributed by atoms with van der Waals surface area (Å²) < 4.78 is 32.4. The summed E-state index contributed by atoms with van der Waals surface area (Å²) in [7, 11) is -2.44. The van der Waals surface area contributed by atoms with Gasteiger partial charge in [-0.1, -0.05) is 12.1 Å². The number of esters is 1. The van der Waals surface area contributed by atoms with Crippen molar-refractivity contribution in [3.8, 4) is 0 Å². The fraction of sp³-hybridized carbons (Fsp3) is 0.375. The van der Waals surface area contributed by atoms with Gasteiger partial charge in [0.25, 0.3) is 0 Å². The molecule has 0 radical (unpaired) electrons. The molecule has 1 fully saturated rings. The van der Waals surface area contributed by atoms with E-state index < -0.39 is 16.0 Å². The maximum atomic E-state index is 13.1. The number of pyridine rings is 1. The van der Waals surface area contributed by atoms with Crippen molar-refractivity contribution >= 4 is 39.2 Å². The average molecular weight is 386 g/mol. The number of sulfonamides is 1. The Morgan fingerprint density at radius 3 is 2.80 bits per heavy atom. The maximum absolute atomic E-state index is 13.1. The molecule has 1 unspecified atom stereocenters. The van der Waals surface area contributed by atoms with Crippen LogP contribution in [-0.2, 0) is 14.8 Å². The van der Waals surface area contributed by atoms with Gasteiger partial charge >= 0.3 is 5.97 Å². The molecule has 25 heavy (non-hydrogen) atoms. The van der Waals surface area contributed by atoms with E-state index in [0.29, 0.717) is 23.9 Å². The Bertz CT molecular complexity index is 888. The quantitative estimate of drug-likeness (QED) is 0.801. The predicted molar refractivity (Wildman–Crippen MR) is 96.3 cm³/mol. The molecule has 0 saturated carbocycles. The molecule has 2 N–H and O–H groups in total. The van der Waals surface area contributed by atoms with Crippen molar-refractivity contribution in [1.82, 2.24) is 9.29 Å². The minimum Gasteiger partial charge on any atom is -0.464 e. The van der Waals surface area contributed by atoms with Crippen LogP contribution in [-0.4, -0.2) is 49.9 Å². The molecule has 0 amide bonds. The molecule has 136 valence electrons. The SMILES string of the molecule is COC(=O)c1nccc2c(S(=O)(=O)N3CCCC3CN)cccc12.Cl. The predicted octanol–water partition coefficient (Wildman–Crippen LogP) is 1.55. The van der Waals surface area contributed by atoms with Crippen LogP contribution in [0.4, 0.5) is 0 Å². The van der Waals surface area contributed by atoms with E-state index in [4.69, 9.17) is 10.5 Å². The Balaban J connectivity index is 0.00000225. The van der Waals surface area contributed by atoms with Gasteiger partial charge in [0, 0.05) is 36.1 Å². The number of methoxy groups -OCH3 is 1. The van der Waals surface area contributed by atoms with Crippen molar-refractivity contribution in [2.24, 2.45) is 5.73 Å². The average Bonchev–Trinajstić information content (AvgIpc) is 3.09. The molecule has 2 heterocycles. The number of hydrogen-bond donors (Lipinski definition) is 1. The van der Waals surface area contributed by atoms with E-state index in [9.17, 15) is 13.2 Å². The molecule has 0 bridgehead atoms. The topological polar surface area (TPSA) is 103 Å². The monoisotopic (exact) mass is 385 g/mol. The number of carbonyl (C=O) groups excluding carboxylic acids is 1. The first kappa shape index (κ1) is 19.6. The first-order chi connectivity index (χ1) is 11.5. The van der Waals surface area contributed by atoms with Crippen LogP contribution in [0.15, 0.2) is 35.4 Å². The molecular weight excluding hydrogens is 366 g/mol.